The summed E-state index contributed by atoms with van der Waals surface area (Å²) in [5.41, 5.74) is 1.20. The Morgan fingerprint density at radius 1 is 1.25 bits per heavy atom. The molecule has 121 valence electrons. The smallest absolute Gasteiger partial charge is 0.343 e. The lowest BCUT2D eigenvalue weighted by Gasteiger charge is -2.18. The molecule has 4 heteroatoms. The second kappa shape index (κ2) is 5.71. The molecular weight excluding hydrogens is 304 g/mol. The molecule has 1 atom stereocenters. The number of hydrogen-bond acceptors (Lipinski definition) is 4. The molecule has 1 saturated carbocycles. The first-order valence-corrected chi connectivity index (χ1v) is 7.98. The molecule has 1 unspecified atom stereocenters. The Morgan fingerprint density at radius 3 is 2.67 bits per heavy atom. The number of rotatable bonds is 4. The Labute approximate surface area is 139 Å². The van der Waals surface area contributed by atoms with Crippen LogP contribution < -0.4 is 10.4 Å². The van der Waals surface area contributed by atoms with Crippen LogP contribution in [0.25, 0.3) is 11.0 Å². The zero-order chi connectivity index (χ0) is 16.7. The van der Waals surface area contributed by atoms with E-state index in [9.17, 15) is 9.90 Å². The van der Waals surface area contributed by atoms with Crippen molar-refractivity contribution >= 4 is 11.0 Å². The third-order valence-electron chi connectivity index (χ3n) is 4.63. The molecule has 1 N–H and O–H groups in total. The summed E-state index contributed by atoms with van der Waals surface area (Å²) in [6.45, 7) is 0. The fourth-order valence-electron chi connectivity index (χ4n) is 3.29. The fourth-order valence-corrected chi connectivity index (χ4v) is 3.29. The highest BCUT2D eigenvalue weighted by molar-refractivity contribution is 5.85. The van der Waals surface area contributed by atoms with Gasteiger partial charge in [-0.05, 0) is 42.5 Å². The van der Waals surface area contributed by atoms with Crippen LogP contribution in [0.1, 0.15) is 29.9 Å². The van der Waals surface area contributed by atoms with Gasteiger partial charge in [0, 0.05) is 12.0 Å². The minimum Gasteiger partial charge on any atom is -0.507 e. The molecular formula is C20H17O4. The highest BCUT2D eigenvalue weighted by atomic mass is 16.5. The summed E-state index contributed by atoms with van der Waals surface area (Å²) < 4.78 is 10.6. The predicted molar refractivity (Wildman–Crippen MR) is 90.5 cm³/mol. The van der Waals surface area contributed by atoms with Gasteiger partial charge in [0.15, 0.2) is 0 Å². The molecule has 1 aliphatic rings. The van der Waals surface area contributed by atoms with Crippen molar-refractivity contribution in [3.05, 3.63) is 70.1 Å². The van der Waals surface area contributed by atoms with Crippen LogP contribution in [0.5, 0.6) is 11.5 Å². The maximum absolute atomic E-state index is 12.6. The average molecular weight is 321 g/mol. The molecule has 0 saturated heterocycles. The van der Waals surface area contributed by atoms with E-state index in [4.69, 9.17) is 9.15 Å². The normalized spacial score (nSPS) is 15.4. The molecule has 2 aromatic carbocycles. The number of methoxy groups -OCH3 is 1. The topological polar surface area (TPSA) is 59.7 Å². The highest BCUT2D eigenvalue weighted by Crippen LogP contribution is 2.48. The second-order valence-corrected chi connectivity index (χ2v) is 6.16. The monoisotopic (exact) mass is 321 g/mol. The summed E-state index contributed by atoms with van der Waals surface area (Å²) in [7, 11) is 1.54. The van der Waals surface area contributed by atoms with E-state index in [1.807, 2.05) is 24.3 Å². The summed E-state index contributed by atoms with van der Waals surface area (Å²) in [6.07, 6.45) is 2.09. The SMILES string of the molecule is COc1ccc2c(O)c(C(c3cc[c]cc3)C3CC3)c(=O)oc2c1. The Bertz CT molecular complexity index is 939. The van der Waals surface area contributed by atoms with Crippen LogP contribution >= 0.6 is 0 Å². The van der Waals surface area contributed by atoms with Crippen molar-refractivity contribution < 1.29 is 14.3 Å². The van der Waals surface area contributed by atoms with Gasteiger partial charge in [-0.2, -0.15) is 0 Å². The summed E-state index contributed by atoms with van der Waals surface area (Å²) in [5.74, 6) is 0.794. The van der Waals surface area contributed by atoms with Gasteiger partial charge in [-0.25, -0.2) is 4.79 Å². The fraction of sp³-hybridized carbons (Fsp3) is 0.250. The maximum atomic E-state index is 12.6. The Hall–Kier alpha value is -2.75. The second-order valence-electron chi connectivity index (χ2n) is 6.16. The number of ether oxygens (including phenoxy) is 1. The summed E-state index contributed by atoms with van der Waals surface area (Å²) >= 11 is 0. The molecule has 1 aromatic heterocycles. The third kappa shape index (κ3) is 2.44. The molecule has 1 aliphatic carbocycles. The van der Waals surface area contributed by atoms with Crippen molar-refractivity contribution in [2.24, 2.45) is 5.92 Å². The highest BCUT2D eigenvalue weighted by Gasteiger charge is 2.37. The standard InChI is InChI=1S/C20H17O4/c1-23-14-9-10-15-16(11-14)24-20(22)18(19(15)21)17(13-7-8-13)12-5-3-2-4-6-12/h3-6,9-11,13,17,21H,7-8H2,1H3. The van der Waals surface area contributed by atoms with Gasteiger partial charge in [0.05, 0.1) is 18.1 Å². The van der Waals surface area contributed by atoms with Gasteiger partial charge in [-0.1, -0.05) is 24.3 Å². The molecule has 24 heavy (non-hydrogen) atoms. The lowest BCUT2D eigenvalue weighted by atomic mass is 9.87. The van der Waals surface area contributed by atoms with Gasteiger partial charge in [0.25, 0.3) is 0 Å². The maximum Gasteiger partial charge on any atom is 0.343 e. The van der Waals surface area contributed by atoms with Crippen LogP contribution in [0, 0.1) is 12.0 Å². The largest absolute Gasteiger partial charge is 0.507 e. The van der Waals surface area contributed by atoms with Crippen molar-refractivity contribution in [3.8, 4) is 11.5 Å². The van der Waals surface area contributed by atoms with Crippen LogP contribution in [0.15, 0.2) is 51.7 Å². The van der Waals surface area contributed by atoms with Crippen molar-refractivity contribution in [2.75, 3.05) is 7.11 Å². The summed E-state index contributed by atoms with van der Waals surface area (Å²) in [6, 6.07) is 15.6. The minimum atomic E-state index is -0.488. The van der Waals surface area contributed by atoms with Crippen LogP contribution in [0.3, 0.4) is 0 Å². The molecule has 0 bridgehead atoms. The van der Waals surface area contributed by atoms with E-state index >= 15 is 0 Å². The Morgan fingerprint density at radius 2 is 2.00 bits per heavy atom. The lowest BCUT2D eigenvalue weighted by molar-refractivity contribution is 0.412. The van der Waals surface area contributed by atoms with Gasteiger partial charge in [0.1, 0.15) is 17.1 Å². The van der Waals surface area contributed by atoms with Gasteiger partial charge in [-0.3, -0.25) is 0 Å². The van der Waals surface area contributed by atoms with Gasteiger partial charge < -0.3 is 14.3 Å². The molecule has 1 heterocycles. The number of hydrogen-bond donors (Lipinski definition) is 1. The van der Waals surface area contributed by atoms with E-state index in [0.29, 0.717) is 28.2 Å². The summed E-state index contributed by atoms with van der Waals surface area (Å²) in [5, 5.41) is 11.3. The lowest BCUT2D eigenvalue weighted by Crippen LogP contribution is -2.15. The Balaban J connectivity index is 1.93. The van der Waals surface area contributed by atoms with E-state index in [-0.39, 0.29) is 11.7 Å². The van der Waals surface area contributed by atoms with E-state index in [1.165, 1.54) is 0 Å². The molecule has 0 amide bonds. The van der Waals surface area contributed by atoms with Gasteiger partial charge >= 0.3 is 5.63 Å². The van der Waals surface area contributed by atoms with E-state index in [2.05, 4.69) is 6.07 Å². The van der Waals surface area contributed by atoms with Crippen LogP contribution in [0.4, 0.5) is 0 Å². The van der Waals surface area contributed by atoms with E-state index in [1.54, 1.807) is 25.3 Å². The first-order chi connectivity index (χ1) is 11.7. The van der Waals surface area contributed by atoms with Crippen molar-refractivity contribution in [3.63, 3.8) is 0 Å². The van der Waals surface area contributed by atoms with Gasteiger partial charge in [-0.15, -0.1) is 0 Å². The average Bonchev–Trinajstić information content (AvgIpc) is 3.43. The zero-order valence-corrected chi connectivity index (χ0v) is 13.3. The van der Waals surface area contributed by atoms with Gasteiger partial charge in [0.2, 0.25) is 0 Å². The Kier molecular flexibility index (Phi) is 3.53. The quantitative estimate of drug-likeness (QED) is 0.742. The van der Waals surface area contributed by atoms with E-state index < -0.39 is 5.63 Å². The molecule has 3 aromatic rings. The molecule has 4 rings (SSSR count). The third-order valence-corrected chi connectivity index (χ3v) is 4.63. The van der Waals surface area contributed by atoms with Crippen molar-refractivity contribution in [2.45, 2.75) is 18.8 Å². The van der Waals surface area contributed by atoms with E-state index in [0.717, 1.165) is 18.4 Å². The first-order valence-electron chi connectivity index (χ1n) is 7.98. The molecule has 4 nitrogen and oxygen atoms in total. The zero-order valence-electron chi connectivity index (χ0n) is 13.3. The number of benzene rings is 2. The first kappa shape index (κ1) is 14.8. The molecule has 0 aliphatic heterocycles. The summed E-state index contributed by atoms with van der Waals surface area (Å²) in [4.78, 5) is 12.6. The molecule has 1 radical (unpaired) electrons. The van der Waals surface area contributed by atoms with Crippen LogP contribution in [-0.2, 0) is 0 Å². The number of fused-ring (bicyclic) bond motifs is 1. The predicted octanol–water partition coefficient (Wildman–Crippen LogP) is 3.85. The number of aromatic hydroxyl groups is 1. The van der Waals surface area contributed by atoms with Crippen molar-refractivity contribution in [1.29, 1.82) is 0 Å². The van der Waals surface area contributed by atoms with Crippen molar-refractivity contribution in [1.82, 2.24) is 0 Å². The van der Waals surface area contributed by atoms with Crippen LogP contribution in [0.2, 0.25) is 0 Å². The molecule has 0 spiro atoms. The molecule has 1 fully saturated rings. The van der Waals surface area contributed by atoms with Crippen LogP contribution in [-0.4, -0.2) is 12.2 Å². The minimum absolute atomic E-state index is 0.00800.